The number of hydrogen-bond acceptors (Lipinski definition) is 5. The first-order valence-electron chi connectivity index (χ1n) is 8.90. The lowest BCUT2D eigenvalue weighted by atomic mass is 9.94. The zero-order valence-corrected chi connectivity index (χ0v) is 15.9. The number of amides is 1. The number of aromatic nitrogens is 2. The summed E-state index contributed by atoms with van der Waals surface area (Å²) in [5, 5.41) is 10.4. The van der Waals surface area contributed by atoms with Gasteiger partial charge in [0.15, 0.2) is 18.1 Å². The second-order valence-electron chi connectivity index (χ2n) is 6.60. The van der Waals surface area contributed by atoms with Gasteiger partial charge in [-0.05, 0) is 36.6 Å². The zero-order chi connectivity index (χ0) is 21.0. The third-order valence-electron chi connectivity index (χ3n) is 4.38. The summed E-state index contributed by atoms with van der Waals surface area (Å²) in [5.74, 6) is -1.05. The number of rotatable bonds is 5. The molecule has 1 amide bonds. The lowest BCUT2D eigenvalue weighted by Gasteiger charge is -2.21. The number of benzene rings is 1. The average molecular weight is 428 g/mol. The van der Waals surface area contributed by atoms with Gasteiger partial charge in [0.25, 0.3) is 5.91 Å². The highest BCUT2D eigenvalue weighted by molar-refractivity contribution is 6.30. The molecular weight excluding hydrogens is 411 g/mol. The minimum absolute atomic E-state index is 0.0550. The number of halogens is 4. The molecule has 0 bridgehead atoms. The van der Waals surface area contributed by atoms with E-state index in [2.05, 4.69) is 15.5 Å². The Bertz CT molecular complexity index is 904. The molecule has 1 N–H and O–H groups in total. The Labute approximate surface area is 169 Å². The largest absolute Gasteiger partial charge is 0.467 e. The zero-order valence-electron chi connectivity index (χ0n) is 15.1. The molecule has 6 nitrogen and oxygen atoms in total. The molecule has 0 saturated heterocycles. The summed E-state index contributed by atoms with van der Waals surface area (Å²) in [5.41, 5.74) is 0.470. The number of nitrogens with one attached hydrogen (secondary N) is 1. The quantitative estimate of drug-likeness (QED) is 0.780. The Kier molecular flexibility index (Phi) is 6.36. The summed E-state index contributed by atoms with van der Waals surface area (Å²) >= 11 is 5.86. The van der Waals surface area contributed by atoms with E-state index >= 15 is 0 Å². The first-order chi connectivity index (χ1) is 13.7. The van der Waals surface area contributed by atoms with Crippen LogP contribution in [-0.2, 0) is 4.79 Å². The molecule has 1 aliphatic rings. The number of carbonyl (C=O) groups is 2. The van der Waals surface area contributed by atoms with E-state index in [1.54, 1.807) is 24.3 Å². The van der Waals surface area contributed by atoms with E-state index < -0.39 is 24.7 Å². The van der Waals surface area contributed by atoms with Crippen LogP contribution in [0.4, 0.5) is 13.2 Å². The van der Waals surface area contributed by atoms with Crippen molar-refractivity contribution in [2.24, 2.45) is 0 Å². The van der Waals surface area contributed by atoms with Crippen molar-refractivity contribution in [2.45, 2.75) is 37.9 Å². The molecule has 1 atom stereocenters. The summed E-state index contributed by atoms with van der Waals surface area (Å²) in [6.07, 6.45) is -2.01. The monoisotopic (exact) mass is 427 g/mol. The molecule has 3 rings (SSSR count). The molecule has 1 aromatic heterocycles. The highest BCUT2D eigenvalue weighted by Gasteiger charge is 2.30. The van der Waals surface area contributed by atoms with Gasteiger partial charge in [0, 0.05) is 17.0 Å². The summed E-state index contributed by atoms with van der Waals surface area (Å²) in [6, 6.07) is 6.90. The number of carbonyl (C=O) groups excluding carboxylic acids is 2. The van der Waals surface area contributed by atoms with E-state index in [-0.39, 0.29) is 22.9 Å². The molecule has 29 heavy (non-hydrogen) atoms. The minimum atomic E-state index is -4.56. The second kappa shape index (κ2) is 8.77. The smallest absolute Gasteiger partial charge is 0.422 e. The Morgan fingerprint density at radius 1 is 1.21 bits per heavy atom. The number of ether oxygens (including phenoxy) is 1. The van der Waals surface area contributed by atoms with E-state index in [0.29, 0.717) is 23.4 Å². The molecule has 1 fully saturated rings. The fourth-order valence-corrected chi connectivity index (χ4v) is 3.08. The van der Waals surface area contributed by atoms with Crippen molar-refractivity contribution in [1.82, 2.24) is 15.5 Å². The van der Waals surface area contributed by atoms with Crippen LogP contribution in [0.25, 0.3) is 11.1 Å². The van der Waals surface area contributed by atoms with Crippen molar-refractivity contribution in [1.29, 1.82) is 0 Å². The van der Waals surface area contributed by atoms with Crippen molar-refractivity contribution >= 4 is 23.3 Å². The van der Waals surface area contributed by atoms with Gasteiger partial charge in [-0.1, -0.05) is 30.2 Å². The summed E-state index contributed by atoms with van der Waals surface area (Å²) in [6.45, 7) is -1.55. The molecule has 1 aliphatic carbocycles. The number of ketones is 1. The molecule has 10 heteroatoms. The average Bonchev–Trinajstić information content (AvgIpc) is 2.68. The number of nitrogens with zero attached hydrogens (tertiary/aromatic N) is 2. The van der Waals surface area contributed by atoms with Crippen LogP contribution in [0.3, 0.4) is 0 Å². The maximum atomic E-state index is 12.5. The molecule has 0 radical (unpaired) electrons. The van der Waals surface area contributed by atoms with E-state index in [0.717, 1.165) is 12.8 Å². The van der Waals surface area contributed by atoms with E-state index in [9.17, 15) is 22.8 Å². The molecule has 2 aromatic rings. The molecular formula is C19H17ClF3N3O3. The van der Waals surface area contributed by atoms with Crippen molar-refractivity contribution in [2.75, 3.05) is 6.61 Å². The molecule has 1 heterocycles. The second-order valence-corrected chi connectivity index (χ2v) is 7.03. The fourth-order valence-electron chi connectivity index (χ4n) is 2.95. The summed E-state index contributed by atoms with van der Waals surface area (Å²) < 4.78 is 42.4. The maximum absolute atomic E-state index is 12.5. The summed E-state index contributed by atoms with van der Waals surface area (Å²) in [4.78, 5) is 24.4. The van der Waals surface area contributed by atoms with Gasteiger partial charge in [0.2, 0.25) is 5.88 Å². The number of Topliss-reactive ketones (excluding diaryl/α,β-unsaturated/α-hetero) is 1. The third-order valence-corrected chi connectivity index (χ3v) is 4.63. The van der Waals surface area contributed by atoms with Gasteiger partial charge < -0.3 is 10.1 Å². The predicted molar refractivity (Wildman–Crippen MR) is 98.8 cm³/mol. The van der Waals surface area contributed by atoms with Gasteiger partial charge in [-0.2, -0.15) is 13.2 Å². The van der Waals surface area contributed by atoms with Gasteiger partial charge in [-0.25, -0.2) is 0 Å². The normalized spacial score (nSPS) is 17.1. The lowest BCUT2D eigenvalue weighted by Crippen LogP contribution is -2.42. The predicted octanol–water partition coefficient (Wildman–Crippen LogP) is 3.98. The molecule has 0 unspecified atom stereocenters. The van der Waals surface area contributed by atoms with Gasteiger partial charge in [0.1, 0.15) is 0 Å². The highest BCUT2D eigenvalue weighted by Crippen LogP contribution is 2.30. The van der Waals surface area contributed by atoms with Crippen LogP contribution in [0.2, 0.25) is 5.02 Å². The van der Waals surface area contributed by atoms with Crippen molar-refractivity contribution in [3.8, 4) is 17.0 Å². The minimum Gasteiger partial charge on any atom is -0.467 e. The lowest BCUT2D eigenvalue weighted by molar-refractivity contribution is -0.154. The molecule has 0 spiro atoms. The van der Waals surface area contributed by atoms with Gasteiger partial charge in [-0.15, -0.1) is 10.2 Å². The van der Waals surface area contributed by atoms with Crippen LogP contribution in [0.5, 0.6) is 5.88 Å². The molecule has 1 aromatic carbocycles. The first kappa shape index (κ1) is 21.0. The van der Waals surface area contributed by atoms with E-state index in [4.69, 9.17) is 16.3 Å². The molecule has 0 aliphatic heterocycles. The van der Waals surface area contributed by atoms with Crippen LogP contribution in [0.1, 0.15) is 36.2 Å². The van der Waals surface area contributed by atoms with Crippen molar-refractivity contribution < 1.29 is 27.5 Å². The Morgan fingerprint density at radius 3 is 2.59 bits per heavy atom. The highest BCUT2D eigenvalue weighted by atomic mass is 35.5. The Morgan fingerprint density at radius 2 is 1.93 bits per heavy atom. The van der Waals surface area contributed by atoms with Crippen LogP contribution < -0.4 is 10.1 Å². The van der Waals surface area contributed by atoms with Gasteiger partial charge in [0.05, 0.1) is 6.04 Å². The Hall–Kier alpha value is -2.68. The number of hydrogen-bond donors (Lipinski definition) is 1. The number of alkyl halides is 3. The van der Waals surface area contributed by atoms with Crippen molar-refractivity contribution in [3.05, 3.63) is 41.0 Å². The SMILES string of the molecule is O=C(N[C@@H]1CCCCC1=O)c1cc(-c2ccc(Cl)cc2)c(OCC(F)(F)F)nn1. The molecule has 1 saturated carbocycles. The van der Waals surface area contributed by atoms with E-state index in [1.165, 1.54) is 6.07 Å². The van der Waals surface area contributed by atoms with E-state index in [1.807, 2.05) is 0 Å². The summed E-state index contributed by atoms with van der Waals surface area (Å²) in [7, 11) is 0. The first-order valence-corrected chi connectivity index (χ1v) is 9.27. The molecule has 154 valence electrons. The van der Waals surface area contributed by atoms with Gasteiger partial charge in [-0.3, -0.25) is 9.59 Å². The standard InChI is InChI=1S/C19H17ClF3N3O3/c20-12-7-5-11(6-8-12)13-9-15(25-26-18(13)29-10-19(21,22)23)17(28)24-14-3-1-2-4-16(14)27/h5-9,14H,1-4,10H2,(H,24,28)/t14-/m1/s1. The third kappa shape index (κ3) is 5.66. The van der Waals surface area contributed by atoms with Crippen molar-refractivity contribution in [3.63, 3.8) is 0 Å². The van der Waals surface area contributed by atoms with Crippen LogP contribution in [-0.4, -0.2) is 40.7 Å². The Balaban J connectivity index is 1.88. The van der Waals surface area contributed by atoms with Crippen LogP contribution in [0.15, 0.2) is 30.3 Å². The fraction of sp³-hybridized carbons (Fsp3) is 0.368. The topological polar surface area (TPSA) is 81.2 Å². The van der Waals surface area contributed by atoms with Crippen LogP contribution >= 0.6 is 11.6 Å². The van der Waals surface area contributed by atoms with Crippen LogP contribution in [0, 0.1) is 0 Å². The maximum Gasteiger partial charge on any atom is 0.422 e. The van der Waals surface area contributed by atoms with Gasteiger partial charge >= 0.3 is 6.18 Å².